The number of aromatic nitrogens is 4. The molecule has 0 amide bonds. The van der Waals surface area contributed by atoms with Crippen LogP contribution >= 0.6 is 0 Å². The molecule has 1 fully saturated rings. The molecule has 1 saturated heterocycles. The van der Waals surface area contributed by atoms with Gasteiger partial charge < -0.3 is 23.5 Å². The zero-order valence-electron chi connectivity index (χ0n) is 19.3. The molecule has 4 heterocycles. The summed E-state index contributed by atoms with van der Waals surface area (Å²) in [5.74, 6) is 1.99. The minimum Gasteiger partial charge on any atom is -0.489 e. The average molecular weight is 462 g/mol. The fraction of sp³-hybridized carbons (Fsp3) is 0.360. The van der Waals surface area contributed by atoms with E-state index in [0.29, 0.717) is 18.4 Å². The topological polar surface area (TPSA) is 95.5 Å². The largest absolute Gasteiger partial charge is 0.489 e. The Morgan fingerprint density at radius 2 is 2.03 bits per heavy atom. The van der Waals surface area contributed by atoms with Gasteiger partial charge in [-0.05, 0) is 49.7 Å². The number of fused-ring (bicyclic) bond motifs is 1. The molecule has 1 aliphatic heterocycles. The van der Waals surface area contributed by atoms with E-state index in [4.69, 9.17) is 14.0 Å². The Labute approximate surface area is 197 Å². The number of esters is 1. The summed E-state index contributed by atoms with van der Waals surface area (Å²) in [4.78, 5) is 22.8. The van der Waals surface area contributed by atoms with Gasteiger partial charge in [0.05, 0.1) is 24.7 Å². The monoisotopic (exact) mass is 461 g/mol. The van der Waals surface area contributed by atoms with Crippen molar-refractivity contribution in [3.8, 4) is 11.6 Å². The molecule has 176 valence electrons. The van der Waals surface area contributed by atoms with E-state index in [1.165, 1.54) is 0 Å². The SMILES string of the molecule is CCOC(=O)Cc1ccc2c(ccn2-c2ccc(OC3CCN(c4nc(C)no4)CC3)cn2)c1. The summed E-state index contributed by atoms with van der Waals surface area (Å²) in [6, 6.07) is 12.5. The molecule has 9 heteroatoms. The number of pyridine rings is 1. The molecule has 0 saturated carbocycles. The van der Waals surface area contributed by atoms with Gasteiger partial charge in [0.25, 0.3) is 0 Å². The Balaban J connectivity index is 1.21. The van der Waals surface area contributed by atoms with Gasteiger partial charge in [-0.15, -0.1) is 0 Å². The minimum atomic E-state index is -0.214. The summed E-state index contributed by atoms with van der Waals surface area (Å²) in [5.41, 5.74) is 1.96. The van der Waals surface area contributed by atoms with E-state index in [1.807, 2.05) is 61.0 Å². The van der Waals surface area contributed by atoms with Gasteiger partial charge in [-0.25, -0.2) is 4.98 Å². The molecule has 0 spiro atoms. The van der Waals surface area contributed by atoms with Crippen LogP contribution in [0.3, 0.4) is 0 Å². The molecule has 34 heavy (non-hydrogen) atoms. The third-order valence-corrected chi connectivity index (χ3v) is 5.91. The van der Waals surface area contributed by atoms with Crippen molar-refractivity contribution in [1.82, 2.24) is 19.7 Å². The van der Waals surface area contributed by atoms with E-state index < -0.39 is 0 Å². The van der Waals surface area contributed by atoms with Crippen LogP contribution < -0.4 is 9.64 Å². The lowest BCUT2D eigenvalue weighted by molar-refractivity contribution is -0.142. The number of carbonyl (C=O) groups excluding carboxylic acids is 1. The second kappa shape index (κ2) is 9.54. The van der Waals surface area contributed by atoms with Gasteiger partial charge in [0.1, 0.15) is 17.7 Å². The third kappa shape index (κ3) is 4.73. The fourth-order valence-corrected chi connectivity index (χ4v) is 4.24. The van der Waals surface area contributed by atoms with E-state index in [1.54, 1.807) is 6.20 Å². The number of aryl methyl sites for hydroxylation is 1. The maximum absolute atomic E-state index is 11.8. The maximum atomic E-state index is 11.8. The van der Waals surface area contributed by atoms with Gasteiger partial charge in [0.15, 0.2) is 5.82 Å². The van der Waals surface area contributed by atoms with E-state index in [0.717, 1.165) is 54.0 Å². The number of anilines is 1. The molecule has 0 unspecified atom stereocenters. The van der Waals surface area contributed by atoms with Gasteiger partial charge >= 0.3 is 12.0 Å². The van der Waals surface area contributed by atoms with Crippen molar-refractivity contribution in [2.24, 2.45) is 0 Å². The quantitative estimate of drug-likeness (QED) is 0.383. The number of rotatable bonds is 7. The zero-order chi connectivity index (χ0) is 23.5. The first kappa shape index (κ1) is 21.9. The van der Waals surface area contributed by atoms with E-state index in [-0.39, 0.29) is 18.5 Å². The zero-order valence-corrected chi connectivity index (χ0v) is 19.3. The number of hydrogen-bond donors (Lipinski definition) is 0. The van der Waals surface area contributed by atoms with Crippen LogP contribution in [0.1, 0.15) is 31.2 Å². The molecule has 5 rings (SSSR count). The van der Waals surface area contributed by atoms with Gasteiger partial charge in [-0.3, -0.25) is 4.79 Å². The summed E-state index contributed by atoms with van der Waals surface area (Å²) < 4.78 is 18.5. The number of piperidine rings is 1. The van der Waals surface area contributed by atoms with E-state index >= 15 is 0 Å². The van der Waals surface area contributed by atoms with Gasteiger partial charge in [-0.2, -0.15) is 4.98 Å². The van der Waals surface area contributed by atoms with Crippen molar-refractivity contribution in [3.05, 3.63) is 60.2 Å². The molecule has 1 aromatic carbocycles. The van der Waals surface area contributed by atoms with Crippen LogP contribution in [-0.2, 0) is 16.0 Å². The molecule has 1 aliphatic rings. The average Bonchev–Trinajstić information content (AvgIpc) is 3.46. The van der Waals surface area contributed by atoms with Crippen LogP contribution in [0.5, 0.6) is 5.75 Å². The molecular formula is C25H27N5O4. The fourth-order valence-electron chi connectivity index (χ4n) is 4.24. The van der Waals surface area contributed by atoms with Crippen LogP contribution in [-0.4, -0.2) is 51.5 Å². The Bertz CT molecular complexity index is 1270. The highest BCUT2D eigenvalue weighted by molar-refractivity contribution is 5.84. The first-order chi connectivity index (χ1) is 16.6. The van der Waals surface area contributed by atoms with Crippen LogP contribution in [0.4, 0.5) is 6.01 Å². The van der Waals surface area contributed by atoms with Gasteiger partial charge in [0.2, 0.25) is 0 Å². The summed E-state index contributed by atoms with van der Waals surface area (Å²) in [7, 11) is 0. The lowest BCUT2D eigenvalue weighted by Crippen LogP contribution is -2.38. The smallest absolute Gasteiger partial charge is 0.324 e. The molecule has 4 aromatic rings. The van der Waals surface area contributed by atoms with Crippen molar-refractivity contribution in [2.75, 3.05) is 24.6 Å². The second-order valence-corrected chi connectivity index (χ2v) is 8.34. The standard InChI is InChI=1S/C25H27N5O4/c1-3-32-24(31)15-18-4-6-22-19(14-18)8-13-30(22)23-7-5-21(16-26-23)33-20-9-11-29(12-10-20)25-27-17(2)28-34-25/h4-8,13-14,16,20H,3,9-12,15H2,1-2H3. The van der Waals surface area contributed by atoms with Crippen molar-refractivity contribution in [1.29, 1.82) is 0 Å². The van der Waals surface area contributed by atoms with Gasteiger partial charge in [-0.1, -0.05) is 11.2 Å². The Morgan fingerprint density at radius 3 is 2.74 bits per heavy atom. The number of benzene rings is 1. The van der Waals surface area contributed by atoms with Crippen molar-refractivity contribution in [3.63, 3.8) is 0 Å². The summed E-state index contributed by atoms with van der Waals surface area (Å²) >= 11 is 0. The molecule has 0 radical (unpaired) electrons. The van der Waals surface area contributed by atoms with Gasteiger partial charge in [0, 0.05) is 37.5 Å². The summed E-state index contributed by atoms with van der Waals surface area (Å²) in [5, 5.41) is 4.91. The second-order valence-electron chi connectivity index (χ2n) is 8.34. The Hall–Kier alpha value is -3.88. The predicted molar refractivity (Wildman–Crippen MR) is 126 cm³/mol. The lowest BCUT2D eigenvalue weighted by Gasteiger charge is -2.30. The van der Waals surface area contributed by atoms with Crippen molar-refractivity contribution >= 4 is 22.9 Å². The Morgan fingerprint density at radius 1 is 1.18 bits per heavy atom. The first-order valence-electron chi connectivity index (χ1n) is 11.5. The summed E-state index contributed by atoms with van der Waals surface area (Å²) in [6.07, 6.45) is 5.89. The number of hydrogen-bond acceptors (Lipinski definition) is 8. The van der Waals surface area contributed by atoms with Crippen LogP contribution in [0.25, 0.3) is 16.7 Å². The van der Waals surface area contributed by atoms with Crippen LogP contribution in [0, 0.1) is 6.92 Å². The molecule has 0 atom stereocenters. The Kier molecular flexibility index (Phi) is 6.16. The van der Waals surface area contributed by atoms with Crippen LogP contribution in [0.15, 0.2) is 53.3 Å². The van der Waals surface area contributed by atoms with Crippen molar-refractivity contribution < 1.29 is 18.8 Å². The van der Waals surface area contributed by atoms with Crippen molar-refractivity contribution in [2.45, 2.75) is 39.2 Å². The molecule has 3 aromatic heterocycles. The normalized spacial score (nSPS) is 14.5. The third-order valence-electron chi connectivity index (χ3n) is 5.91. The highest BCUT2D eigenvalue weighted by atomic mass is 16.5. The lowest BCUT2D eigenvalue weighted by atomic mass is 10.1. The first-order valence-corrected chi connectivity index (χ1v) is 11.5. The highest BCUT2D eigenvalue weighted by Gasteiger charge is 2.24. The minimum absolute atomic E-state index is 0.123. The molecule has 9 nitrogen and oxygen atoms in total. The number of ether oxygens (including phenoxy) is 2. The number of carbonyl (C=O) groups is 1. The van der Waals surface area contributed by atoms with E-state index in [2.05, 4.69) is 20.0 Å². The molecular weight excluding hydrogens is 434 g/mol. The maximum Gasteiger partial charge on any atom is 0.324 e. The van der Waals surface area contributed by atoms with Crippen LogP contribution in [0.2, 0.25) is 0 Å². The highest BCUT2D eigenvalue weighted by Crippen LogP contribution is 2.25. The van der Waals surface area contributed by atoms with E-state index in [9.17, 15) is 4.79 Å². The molecule has 0 bridgehead atoms. The molecule has 0 N–H and O–H groups in total. The molecule has 0 aliphatic carbocycles. The number of nitrogens with zero attached hydrogens (tertiary/aromatic N) is 5. The summed E-state index contributed by atoms with van der Waals surface area (Å²) in [6.45, 7) is 5.64. The predicted octanol–water partition coefficient (Wildman–Crippen LogP) is 3.87.